The zero-order chi connectivity index (χ0) is 19.0. The molecule has 27 heavy (non-hydrogen) atoms. The molecule has 4 aromatic rings. The van der Waals surface area contributed by atoms with Crippen LogP contribution in [0.2, 0.25) is 0 Å². The molecule has 0 fully saturated rings. The summed E-state index contributed by atoms with van der Waals surface area (Å²) in [6.07, 6.45) is 0. The Labute approximate surface area is 160 Å². The summed E-state index contributed by atoms with van der Waals surface area (Å²) in [6.45, 7) is 2.00. The van der Waals surface area contributed by atoms with Gasteiger partial charge in [-0.05, 0) is 22.3 Å². The Morgan fingerprint density at radius 3 is 0.741 bits per heavy atom. The molecule has 4 rings (SSSR count). The number of carbonyl (C=O) groups is 1. The van der Waals surface area contributed by atoms with Gasteiger partial charge < -0.3 is 4.79 Å². The van der Waals surface area contributed by atoms with E-state index >= 15 is 0 Å². The third-order valence-electron chi connectivity index (χ3n) is 4.83. The molecule has 0 spiro atoms. The summed E-state index contributed by atoms with van der Waals surface area (Å²) in [4.78, 5) is 8.00. The molecule has 0 aliphatic rings. The largest absolute Gasteiger partial charge is 0.307 e. The molecule has 0 unspecified atom stereocenters. The molecule has 0 atom stereocenters. The molecular formula is C26H22O. The molecule has 132 valence electrons. The quantitative estimate of drug-likeness (QED) is 0.420. The van der Waals surface area contributed by atoms with Crippen molar-refractivity contribution in [2.24, 2.45) is 0 Å². The fraction of sp³-hybridized carbons (Fsp3) is 0.0385. The highest BCUT2D eigenvalue weighted by atomic mass is 16.1. The molecule has 0 saturated heterocycles. The van der Waals surface area contributed by atoms with Gasteiger partial charge in [-0.2, -0.15) is 0 Å². The van der Waals surface area contributed by atoms with Crippen LogP contribution in [-0.4, -0.2) is 6.79 Å². The second kappa shape index (κ2) is 8.77. The standard InChI is InChI=1S/C25H20.CH2O/c1-5-13-21(14-6-1)25(22-15-7-2-8-16-22,23-17-9-3-10-18-23)24-19-11-4-12-20-24;1-2/h1-20H;1H2. The van der Waals surface area contributed by atoms with Crippen LogP contribution in [0.25, 0.3) is 0 Å². The lowest BCUT2D eigenvalue weighted by Gasteiger charge is -2.36. The highest BCUT2D eigenvalue weighted by molar-refractivity contribution is 5.59. The van der Waals surface area contributed by atoms with E-state index in [2.05, 4.69) is 121 Å². The lowest BCUT2D eigenvalue weighted by Crippen LogP contribution is -2.30. The molecule has 0 saturated carbocycles. The number of hydrogen-bond donors (Lipinski definition) is 0. The van der Waals surface area contributed by atoms with E-state index in [1.54, 1.807) is 0 Å². The van der Waals surface area contributed by atoms with Gasteiger partial charge in [0.25, 0.3) is 0 Å². The highest BCUT2D eigenvalue weighted by Crippen LogP contribution is 2.44. The maximum absolute atomic E-state index is 8.00. The van der Waals surface area contributed by atoms with E-state index in [-0.39, 0.29) is 5.41 Å². The Morgan fingerprint density at radius 2 is 0.556 bits per heavy atom. The molecule has 0 aliphatic carbocycles. The summed E-state index contributed by atoms with van der Waals surface area (Å²) in [6, 6.07) is 43.1. The third-order valence-corrected chi connectivity index (χ3v) is 4.83. The smallest absolute Gasteiger partial charge is 0.106 e. The Hall–Kier alpha value is -3.45. The zero-order valence-corrected chi connectivity index (χ0v) is 15.2. The number of rotatable bonds is 4. The van der Waals surface area contributed by atoms with Gasteiger partial charge in [-0.1, -0.05) is 121 Å². The second-order valence-electron chi connectivity index (χ2n) is 6.21. The van der Waals surface area contributed by atoms with Crippen LogP contribution < -0.4 is 0 Å². The molecule has 0 amide bonds. The van der Waals surface area contributed by atoms with Crippen LogP contribution in [0.1, 0.15) is 22.3 Å². The highest BCUT2D eigenvalue weighted by Gasteiger charge is 2.37. The zero-order valence-electron chi connectivity index (χ0n) is 15.2. The summed E-state index contributed by atoms with van der Waals surface area (Å²) in [5.74, 6) is 0. The third kappa shape index (κ3) is 3.45. The fourth-order valence-corrected chi connectivity index (χ4v) is 3.75. The van der Waals surface area contributed by atoms with E-state index in [9.17, 15) is 0 Å². The summed E-state index contributed by atoms with van der Waals surface area (Å²) >= 11 is 0. The monoisotopic (exact) mass is 350 g/mol. The molecule has 0 N–H and O–H groups in total. The Bertz CT molecular complexity index is 769. The van der Waals surface area contributed by atoms with Gasteiger partial charge in [0.2, 0.25) is 0 Å². The molecule has 0 aromatic heterocycles. The first kappa shape index (κ1) is 18.3. The summed E-state index contributed by atoms with van der Waals surface area (Å²) in [5.41, 5.74) is 4.78. The van der Waals surface area contributed by atoms with Crippen molar-refractivity contribution >= 4 is 6.79 Å². The normalized spacial score (nSPS) is 10.5. The van der Waals surface area contributed by atoms with E-state index in [0.717, 1.165) is 0 Å². The van der Waals surface area contributed by atoms with Gasteiger partial charge >= 0.3 is 0 Å². The van der Waals surface area contributed by atoms with Crippen molar-refractivity contribution < 1.29 is 4.79 Å². The van der Waals surface area contributed by atoms with Crippen LogP contribution in [0.5, 0.6) is 0 Å². The van der Waals surface area contributed by atoms with Crippen molar-refractivity contribution in [2.75, 3.05) is 0 Å². The number of hydrogen-bond acceptors (Lipinski definition) is 1. The van der Waals surface area contributed by atoms with Gasteiger partial charge in [0, 0.05) is 0 Å². The van der Waals surface area contributed by atoms with Crippen LogP contribution in [0.15, 0.2) is 121 Å². The van der Waals surface area contributed by atoms with Gasteiger partial charge in [0.15, 0.2) is 0 Å². The first-order chi connectivity index (χ1) is 13.4. The Kier molecular flexibility index (Phi) is 5.96. The van der Waals surface area contributed by atoms with Gasteiger partial charge in [-0.25, -0.2) is 0 Å². The van der Waals surface area contributed by atoms with E-state index in [1.807, 2.05) is 6.79 Å². The van der Waals surface area contributed by atoms with Crippen molar-refractivity contribution in [2.45, 2.75) is 5.41 Å². The minimum absolute atomic E-state index is 0.328. The van der Waals surface area contributed by atoms with Crippen molar-refractivity contribution in [3.8, 4) is 0 Å². The van der Waals surface area contributed by atoms with E-state index in [4.69, 9.17) is 4.79 Å². The first-order valence-corrected chi connectivity index (χ1v) is 8.93. The minimum Gasteiger partial charge on any atom is -0.307 e. The number of carbonyl (C=O) groups excluding carboxylic acids is 1. The van der Waals surface area contributed by atoms with Crippen molar-refractivity contribution in [3.05, 3.63) is 144 Å². The maximum Gasteiger partial charge on any atom is 0.106 e. The lowest BCUT2D eigenvalue weighted by molar-refractivity contribution is -0.0979. The summed E-state index contributed by atoms with van der Waals surface area (Å²) in [7, 11) is 0. The van der Waals surface area contributed by atoms with Gasteiger partial charge in [-0.3, -0.25) is 0 Å². The topological polar surface area (TPSA) is 17.1 Å². The van der Waals surface area contributed by atoms with Crippen molar-refractivity contribution in [3.63, 3.8) is 0 Å². The van der Waals surface area contributed by atoms with E-state index in [0.29, 0.717) is 0 Å². The van der Waals surface area contributed by atoms with Crippen LogP contribution >= 0.6 is 0 Å². The molecule has 1 heteroatoms. The average Bonchev–Trinajstić information content (AvgIpc) is 2.79. The van der Waals surface area contributed by atoms with Crippen molar-refractivity contribution in [1.82, 2.24) is 0 Å². The number of benzene rings is 4. The minimum atomic E-state index is -0.328. The van der Waals surface area contributed by atoms with Crippen LogP contribution in [0.3, 0.4) is 0 Å². The van der Waals surface area contributed by atoms with Gasteiger partial charge in [-0.15, -0.1) is 0 Å². The predicted molar refractivity (Wildman–Crippen MR) is 112 cm³/mol. The van der Waals surface area contributed by atoms with Crippen LogP contribution in [-0.2, 0) is 10.2 Å². The molecule has 4 aromatic carbocycles. The summed E-state index contributed by atoms with van der Waals surface area (Å²) < 4.78 is 0. The van der Waals surface area contributed by atoms with Crippen LogP contribution in [0.4, 0.5) is 0 Å². The molecule has 0 aliphatic heterocycles. The summed E-state index contributed by atoms with van der Waals surface area (Å²) in [5, 5.41) is 0. The first-order valence-electron chi connectivity index (χ1n) is 8.93. The Morgan fingerprint density at radius 1 is 0.370 bits per heavy atom. The van der Waals surface area contributed by atoms with Gasteiger partial charge in [0.1, 0.15) is 6.79 Å². The maximum atomic E-state index is 8.00. The Balaban J connectivity index is 0.00000102. The molecular weight excluding hydrogens is 328 g/mol. The predicted octanol–water partition coefficient (Wildman–Crippen LogP) is 5.88. The molecule has 0 radical (unpaired) electrons. The molecule has 0 bridgehead atoms. The van der Waals surface area contributed by atoms with Gasteiger partial charge in [0.05, 0.1) is 5.41 Å². The van der Waals surface area contributed by atoms with Crippen molar-refractivity contribution in [1.29, 1.82) is 0 Å². The average molecular weight is 350 g/mol. The fourth-order valence-electron chi connectivity index (χ4n) is 3.75. The van der Waals surface area contributed by atoms with Crippen LogP contribution in [0, 0.1) is 0 Å². The molecule has 1 nitrogen and oxygen atoms in total. The van der Waals surface area contributed by atoms with E-state index < -0.39 is 0 Å². The lowest BCUT2D eigenvalue weighted by atomic mass is 9.65. The SMILES string of the molecule is C=O.c1ccc(C(c2ccccc2)(c2ccccc2)c2ccccc2)cc1. The second-order valence-corrected chi connectivity index (χ2v) is 6.21. The van der Waals surface area contributed by atoms with E-state index in [1.165, 1.54) is 22.3 Å². The molecule has 0 heterocycles.